The molecule has 28 heavy (non-hydrogen) atoms. The van der Waals surface area contributed by atoms with Crippen molar-refractivity contribution < 1.29 is 0 Å². The van der Waals surface area contributed by atoms with E-state index in [-0.39, 0.29) is 0 Å². The summed E-state index contributed by atoms with van der Waals surface area (Å²) in [6.45, 7) is 9.42. The van der Waals surface area contributed by atoms with Crippen molar-refractivity contribution in [1.82, 2.24) is 19.8 Å². The summed E-state index contributed by atoms with van der Waals surface area (Å²) in [4.78, 5) is 7.31. The summed E-state index contributed by atoms with van der Waals surface area (Å²) in [6, 6.07) is 17.5. The second kappa shape index (κ2) is 9.18. The molecule has 0 aliphatic heterocycles. The van der Waals surface area contributed by atoms with Crippen molar-refractivity contribution in [2.45, 2.75) is 33.7 Å². The summed E-state index contributed by atoms with van der Waals surface area (Å²) in [6.07, 6.45) is 0.849. The first kappa shape index (κ1) is 20.3. The molecule has 0 aliphatic carbocycles. The summed E-state index contributed by atoms with van der Waals surface area (Å²) in [5.74, 6) is 1.01. The molecule has 0 fully saturated rings. The molecule has 0 atom stereocenters. The number of likely N-dealkylation sites (N-methyl/N-ethyl adjacent to an activating group) is 2. The van der Waals surface area contributed by atoms with Gasteiger partial charge >= 0.3 is 0 Å². The van der Waals surface area contributed by atoms with Gasteiger partial charge in [0.15, 0.2) is 0 Å². The highest BCUT2D eigenvalue weighted by molar-refractivity contribution is 5.37. The SMILES string of the molecule is CNCCN(C)Cc1cccc(Cc2cc(C)cc(-n3c(C)ccc3C)n2)c1. The molecule has 4 heteroatoms. The van der Waals surface area contributed by atoms with E-state index in [0.717, 1.165) is 37.6 Å². The average Bonchev–Trinajstić information content (AvgIpc) is 2.98. The molecule has 0 bridgehead atoms. The molecule has 148 valence electrons. The Kier molecular flexibility index (Phi) is 6.65. The van der Waals surface area contributed by atoms with E-state index in [1.54, 1.807) is 0 Å². The van der Waals surface area contributed by atoms with E-state index in [2.05, 4.69) is 91.1 Å². The molecule has 2 heterocycles. The minimum atomic E-state index is 0.849. The standard InChI is InChI=1S/C24H32N4/c1-18-13-23(26-24(14-18)28-19(2)9-10-20(28)3)16-21-7-6-8-22(15-21)17-27(5)12-11-25-4/h6-10,13-15,25H,11-12,16-17H2,1-5H3. The van der Waals surface area contributed by atoms with E-state index in [1.807, 2.05) is 7.05 Å². The first-order valence-corrected chi connectivity index (χ1v) is 10.00. The van der Waals surface area contributed by atoms with Crippen LogP contribution in [-0.4, -0.2) is 41.6 Å². The molecule has 3 rings (SSSR count). The van der Waals surface area contributed by atoms with Gasteiger partial charge in [-0.1, -0.05) is 24.3 Å². The number of nitrogens with one attached hydrogen (secondary N) is 1. The van der Waals surface area contributed by atoms with Crippen molar-refractivity contribution in [3.05, 3.63) is 82.3 Å². The van der Waals surface area contributed by atoms with Crippen LogP contribution < -0.4 is 5.32 Å². The Labute approximate surface area is 169 Å². The van der Waals surface area contributed by atoms with Crippen LogP contribution >= 0.6 is 0 Å². The number of benzene rings is 1. The fraction of sp³-hybridized carbons (Fsp3) is 0.375. The third-order valence-corrected chi connectivity index (χ3v) is 5.08. The third-order valence-electron chi connectivity index (χ3n) is 5.08. The van der Waals surface area contributed by atoms with Crippen LogP contribution in [0, 0.1) is 20.8 Å². The van der Waals surface area contributed by atoms with Gasteiger partial charge in [0.05, 0.1) is 0 Å². The number of nitrogens with zero attached hydrogens (tertiary/aromatic N) is 3. The van der Waals surface area contributed by atoms with E-state index in [1.165, 1.54) is 28.1 Å². The van der Waals surface area contributed by atoms with Crippen molar-refractivity contribution >= 4 is 0 Å². The summed E-state index contributed by atoms with van der Waals surface area (Å²) in [5, 5.41) is 3.21. The molecular weight excluding hydrogens is 344 g/mol. The molecule has 0 unspecified atom stereocenters. The van der Waals surface area contributed by atoms with Gasteiger partial charge in [0, 0.05) is 43.1 Å². The van der Waals surface area contributed by atoms with Crippen LogP contribution in [-0.2, 0) is 13.0 Å². The molecule has 3 aromatic rings. The Hall–Kier alpha value is -2.43. The normalized spacial score (nSPS) is 11.4. The highest BCUT2D eigenvalue weighted by atomic mass is 15.1. The van der Waals surface area contributed by atoms with Gasteiger partial charge in [0.1, 0.15) is 5.82 Å². The van der Waals surface area contributed by atoms with E-state index >= 15 is 0 Å². The zero-order valence-corrected chi connectivity index (χ0v) is 17.8. The molecule has 0 saturated heterocycles. The van der Waals surface area contributed by atoms with Crippen LogP contribution in [0.25, 0.3) is 5.82 Å². The molecule has 0 amide bonds. The number of aryl methyl sites for hydroxylation is 3. The Morgan fingerprint density at radius 1 is 0.964 bits per heavy atom. The minimum Gasteiger partial charge on any atom is -0.318 e. The van der Waals surface area contributed by atoms with Gasteiger partial charge in [-0.05, 0) is 75.8 Å². The first-order chi connectivity index (χ1) is 13.5. The molecule has 0 radical (unpaired) electrons. The van der Waals surface area contributed by atoms with Crippen LogP contribution in [0.4, 0.5) is 0 Å². The van der Waals surface area contributed by atoms with Crippen LogP contribution in [0.3, 0.4) is 0 Å². The third kappa shape index (κ3) is 5.09. The van der Waals surface area contributed by atoms with Crippen molar-refractivity contribution in [3.8, 4) is 5.82 Å². The number of aromatic nitrogens is 2. The van der Waals surface area contributed by atoms with Gasteiger partial charge in [-0.2, -0.15) is 0 Å². The van der Waals surface area contributed by atoms with E-state index in [9.17, 15) is 0 Å². The highest BCUT2D eigenvalue weighted by Gasteiger charge is 2.09. The summed E-state index contributed by atoms with van der Waals surface area (Å²) >= 11 is 0. The van der Waals surface area contributed by atoms with Crippen molar-refractivity contribution in [2.75, 3.05) is 27.2 Å². The number of hydrogen-bond acceptors (Lipinski definition) is 3. The fourth-order valence-corrected chi connectivity index (χ4v) is 3.70. The van der Waals surface area contributed by atoms with Gasteiger partial charge in [0.25, 0.3) is 0 Å². The van der Waals surface area contributed by atoms with Crippen molar-refractivity contribution in [3.63, 3.8) is 0 Å². The minimum absolute atomic E-state index is 0.849. The quantitative estimate of drug-likeness (QED) is 0.644. The summed E-state index contributed by atoms with van der Waals surface area (Å²) < 4.78 is 2.23. The maximum absolute atomic E-state index is 4.97. The largest absolute Gasteiger partial charge is 0.318 e. The van der Waals surface area contributed by atoms with Crippen LogP contribution in [0.1, 0.15) is 33.8 Å². The predicted molar refractivity (Wildman–Crippen MR) is 117 cm³/mol. The van der Waals surface area contributed by atoms with Crippen LogP contribution in [0.15, 0.2) is 48.5 Å². The maximum Gasteiger partial charge on any atom is 0.137 e. The molecule has 0 spiro atoms. The average molecular weight is 377 g/mol. The lowest BCUT2D eigenvalue weighted by atomic mass is 10.0. The van der Waals surface area contributed by atoms with Crippen LogP contribution in [0.2, 0.25) is 0 Å². The topological polar surface area (TPSA) is 33.1 Å². The zero-order valence-electron chi connectivity index (χ0n) is 17.8. The first-order valence-electron chi connectivity index (χ1n) is 10.00. The zero-order chi connectivity index (χ0) is 20.1. The maximum atomic E-state index is 4.97. The van der Waals surface area contributed by atoms with Crippen molar-refractivity contribution in [1.29, 1.82) is 0 Å². The Morgan fingerprint density at radius 2 is 1.68 bits per heavy atom. The molecule has 0 saturated carbocycles. The number of rotatable bonds is 8. The molecular formula is C24H32N4. The van der Waals surface area contributed by atoms with Gasteiger partial charge in [-0.3, -0.25) is 0 Å². The predicted octanol–water partition coefficient (Wildman–Crippen LogP) is 4.04. The lowest BCUT2D eigenvalue weighted by Gasteiger charge is -2.17. The van der Waals surface area contributed by atoms with Crippen LogP contribution in [0.5, 0.6) is 0 Å². The Bertz CT molecular complexity index is 907. The Balaban J connectivity index is 1.80. The van der Waals surface area contributed by atoms with Crippen molar-refractivity contribution in [2.24, 2.45) is 0 Å². The molecule has 2 aromatic heterocycles. The van der Waals surface area contributed by atoms with Gasteiger partial charge in [0.2, 0.25) is 0 Å². The second-order valence-electron chi connectivity index (χ2n) is 7.78. The van der Waals surface area contributed by atoms with E-state index in [0.29, 0.717) is 0 Å². The van der Waals surface area contributed by atoms with Gasteiger partial charge in [-0.25, -0.2) is 4.98 Å². The Morgan fingerprint density at radius 3 is 2.39 bits per heavy atom. The molecule has 1 aromatic carbocycles. The fourth-order valence-electron chi connectivity index (χ4n) is 3.70. The number of pyridine rings is 1. The van der Waals surface area contributed by atoms with Gasteiger partial charge in [-0.15, -0.1) is 0 Å². The van der Waals surface area contributed by atoms with E-state index < -0.39 is 0 Å². The lowest BCUT2D eigenvalue weighted by molar-refractivity contribution is 0.328. The smallest absolute Gasteiger partial charge is 0.137 e. The molecule has 4 nitrogen and oxygen atoms in total. The second-order valence-corrected chi connectivity index (χ2v) is 7.78. The monoisotopic (exact) mass is 376 g/mol. The lowest BCUT2D eigenvalue weighted by Crippen LogP contribution is -2.26. The van der Waals surface area contributed by atoms with Gasteiger partial charge < -0.3 is 14.8 Å². The summed E-state index contributed by atoms with van der Waals surface area (Å²) in [7, 11) is 4.16. The van der Waals surface area contributed by atoms with E-state index in [4.69, 9.17) is 4.98 Å². The summed E-state index contributed by atoms with van der Waals surface area (Å²) in [5.41, 5.74) is 7.45. The number of hydrogen-bond donors (Lipinski definition) is 1. The molecule has 0 aliphatic rings. The molecule has 1 N–H and O–H groups in total. The highest BCUT2D eigenvalue weighted by Crippen LogP contribution is 2.19.